The van der Waals surface area contributed by atoms with Crippen LogP contribution in [0.15, 0.2) is 59.7 Å². The van der Waals surface area contributed by atoms with Crippen LogP contribution in [0.1, 0.15) is 0 Å². The van der Waals surface area contributed by atoms with E-state index in [1.807, 2.05) is 30.3 Å². The summed E-state index contributed by atoms with van der Waals surface area (Å²) in [4.78, 5) is 18.7. The first kappa shape index (κ1) is 10.5. The average molecular weight is 238 g/mol. The van der Waals surface area contributed by atoms with Gasteiger partial charge in [0.15, 0.2) is 5.75 Å². The molecule has 88 valence electrons. The third-order valence-corrected chi connectivity index (χ3v) is 2.58. The molecule has 0 amide bonds. The van der Waals surface area contributed by atoms with E-state index in [4.69, 9.17) is 4.74 Å². The number of hydrogen-bond acceptors (Lipinski definition) is 3. The maximum absolute atomic E-state index is 11.6. The predicted octanol–water partition coefficient (Wildman–Crippen LogP) is 2.72. The molecule has 3 rings (SSSR count). The molecule has 1 aromatic carbocycles. The number of nitrogens with one attached hydrogen (secondary N) is 1. The first-order valence-corrected chi connectivity index (χ1v) is 5.54. The van der Waals surface area contributed by atoms with Gasteiger partial charge in [0.2, 0.25) is 5.43 Å². The zero-order valence-electron chi connectivity index (χ0n) is 9.46. The fourth-order valence-electron chi connectivity index (χ4n) is 1.75. The molecule has 0 aliphatic rings. The summed E-state index contributed by atoms with van der Waals surface area (Å²) in [5.74, 6) is 1.30. The molecule has 18 heavy (non-hydrogen) atoms. The second kappa shape index (κ2) is 4.33. The van der Waals surface area contributed by atoms with Crippen LogP contribution in [0.25, 0.3) is 11.0 Å². The lowest BCUT2D eigenvalue weighted by Crippen LogP contribution is -2.03. The lowest BCUT2D eigenvalue weighted by atomic mass is 10.3. The number of benzene rings is 1. The van der Waals surface area contributed by atoms with Crippen LogP contribution < -0.4 is 10.2 Å². The Labute approximate surface area is 103 Å². The zero-order valence-corrected chi connectivity index (χ0v) is 9.46. The molecule has 0 radical (unpaired) electrons. The molecule has 0 saturated heterocycles. The number of aromatic amines is 1. The molecule has 2 aromatic heterocycles. The van der Waals surface area contributed by atoms with E-state index in [1.54, 1.807) is 18.5 Å². The van der Waals surface area contributed by atoms with Crippen LogP contribution >= 0.6 is 0 Å². The molecule has 0 bridgehead atoms. The number of para-hydroxylation sites is 1. The van der Waals surface area contributed by atoms with E-state index in [0.717, 1.165) is 5.75 Å². The van der Waals surface area contributed by atoms with Crippen molar-refractivity contribution >= 4 is 11.0 Å². The van der Waals surface area contributed by atoms with Crippen LogP contribution in [0, 0.1) is 0 Å². The van der Waals surface area contributed by atoms with E-state index in [9.17, 15) is 4.79 Å². The van der Waals surface area contributed by atoms with E-state index in [-0.39, 0.29) is 5.43 Å². The number of nitrogens with zero attached hydrogens (tertiary/aromatic N) is 1. The van der Waals surface area contributed by atoms with Crippen LogP contribution in [-0.4, -0.2) is 9.97 Å². The van der Waals surface area contributed by atoms with Crippen LogP contribution in [-0.2, 0) is 0 Å². The van der Waals surface area contributed by atoms with Crippen LogP contribution in [0.3, 0.4) is 0 Å². The summed E-state index contributed by atoms with van der Waals surface area (Å²) < 4.78 is 5.74. The fraction of sp³-hybridized carbons (Fsp3) is 0. The largest absolute Gasteiger partial charge is 0.455 e. The normalized spacial score (nSPS) is 10.4. The van der Waals surface area contributed by atoms with E-state index >= 15 is 0 Å². The third-order valence-electron chi connectivity index (χ3n) is 2.58. The first-order valence-electron chi connectivity index (χ1n) is 5.54. The van der Waals surface area contributed by atoms with E-state index in [1.165, 1.54) is 6.07 Å². The van der Waals surface area contributed by atoms with Crippen molar-refractivity contribution < 1.29 is 4.74 Å². The van der Waals surface area contributed by atoms with Gasteiger partial charge in [-0.15, -0.1) is 0 Å². The molecule has 0 saturated carbocycles. The average Bonchev–Trinajstić information content (AvgIpc) is 2.41. The topological polar surface area (TPSA) is 55.0 Å². The molecule has 0 fully saturated rings. The fourth-order valence-corrected chi connectivity index (χ4v) is 1.75. The molecule has 3 aromatic rings. The van der Waals surface area contributed by atoms with Crippen molar-refractivity contribution in [2.45, 2.75) is 0 Å². The van der Waals surface area contributed by atoms with Crippen molar-refractivity contribution in [3.63, 3.8) is 0 Å². The Morgan fingerprint density at radius 2 is 1.89 bits per heavy atom. The Hall–Kier alpha value is -2.62. The van der Waals surface area contributed by atoms with Crippen LogP contribution in [0.5, 0.6) is 11.5 Å². The zero-order chi connectivity index (χ0) is 12.4. The molecule has 0 unspecified atom stereocenters. The van der Waals surface area contributed by atoms with Gasteiger partial charge in [-0.2, -0.15) is 0 Å². The number of aromatic nitrogens is 2. The van der Waals surface area contributed by atoms with Crippen molar-refractivity contribution in [1.82, 2.24) is 9.97 Å². The van der Waals surface area contributed by atoms with Crippen LogP contribution in [0.2, 0.25) is 0 Å². The van der Waals surface area contributed by atoms with Crippen molar-refractivity contribution in [2.75, 3.05) is 0 Å². The molecular weight excluding hydrogens is 228 g/mol. The van der Waals surface area contributed by atoms with Gasteiger partial charge in [0.25, 0.3) is 0 Å². The Bertz CT molecular complexity index is 735. The predicted molar refractivity (Wildman–Crippen MR) is 68.9 cm³/mol. The van der Waals surface area contributed by atoms with Crippen molar-refractivity contribution in [1.29, 1.82) is 0 Å². The molecule has 4 heteroatoms. The van der Waals surface area contributed by atoms with Crippen molar-refractivity contribution in [3.8, 4) is 11.5 Å². The minimum absolute atomic E-state index is 0.123. The van der Waals surface area contributed by atoms with Crippen molar-refractivity contribution in [3.05, 3.63) is 65.1 Å². The minimum Gasteiger partial charge on any atom is -0.455 e. The second-order valence-electron chi connectivity index (χ2n) is 3.79. The van der Waals surface area contributed by atoms with Gasteiger partial charge in [-0.05, 0) is 12.1 Å². The summed E-state index contributed by atoms with van der Waals surface area (Å²) in [5.41, 5.74) is 0.863. The number of fused-ring (bicyclic) bond motifs is 1. The Kier molecular flexibility index (Phi) is 2.53. The van der Waals surface area contributed by atoms with Gasteiger partial charge in [-0.1, -0.05) is 18.2 Å². The molecule has 2 heterocycles. The Morgan fingerprint density at radius 3 is 2.72 bits per heavy atom. The minimum atomic E-state index is -0.123. The van der Waals surface area contributed by atoms with Gasteiger partial charge >= 0.3 is 0 Å². The summed E-state index contributed by atoms with van der Waals surface area (Å²) >= 11 is 0. The number of pyridine rings is 2. The molecule has 0 aliphatic heterocycles. The summed E-state index contributed by atoms with van der Waals surface area (Å²) in [6.07, 6.45) is 3.15. The molecule has 0 atom stereocenters. The van der Waals surface area contributed by atoms with E-state index in [2.05, 4.69) is 9.97 Å². The summed E-state index contributed by atoms with van der Waals surface area (Å²) in [5, 5.41) is 0. The summed E-state index contributed by atoms with van der Waals surface area (Å²) in [6, 6.07) is 12.6. The smallest absolute Gasteiger partial charge is 0.207 e. The Balaban J connectivity index is 2.13. The summed E-state index contributed by atoms with van der Waals surface area (Å²) in [7, 11) is 0. The number of rotatable bonds is 2. The lowest BCUT2D eigenvalue weighted by molar-refractivity contribution is 0.486. The lowest BCUT2D eigenvalue weighted by Gasteiger charge is -2.07. The maximum Gasteiger partial charge on any atom is 0.207 e. The van der Waals surface area contributed by atoms with E-state index in [0.29, 0.717) is 16.8 Å². The van der Waals surface area contributed by atoms with E-state index < -0.39 is 0 Å². The molecule has 0 spiro atoms. The highest BCUT2D eigenvalue weighted by molar-refractivity contribution is 5.80. The Morgan fingerprint density at radius 1 is 1.06 bits per heavy atom. The quantitative estimate of drug-likeness (QED) is 0.746. The van der Waals surface area contributed by atoms with Gasteiger partial charge in [-0.3, -0.25) is 9.78 Å². The SMILES string of the molecule is O=c1cc[nH]c2c(Oc3ccccc3)ccnc12. The standard InChI is InChI=1S/C14H10N2O2/c17-11-6-8-16-14-12(7-9-15-13(11)14)18-10-4-2-1-3-5-10/h1-9H,(H,16,17). The van der Waals surface area contributed by atoms with Crippen LogP contribution in [0.4, 0.5) is 0 Å². The van der Waals surface area contributed by atoms with Gasteiger partial charge in [-0.25, -0.2) is 0 Å². The highest BCUT2D eigenvalue weighted by Gasteiger charge is 2.06. The highest BCUT2D eigenvalue weighted by Crippen LogP contribution is 2.25. The molecular formula is C14H10N2O2. The van der Waals surface area contributed by atoms with Gasteiger partial charge in [0, 0.05) is 24.5 Å². The van der Waals surface area contributed by atoms with Gasteiger partial charge in [0.05, 0.1) is 0 Å². The van der Waals surface area contributed by atoms with Gasteiger partial charge < -0.3 is 9.72 Å². The first-order chi connectivity index (χ1) is 8.84. The van der Waals surface area contributed by atoms with Gasteiger partial charge in [0.1, 0.15) is 16.8 Å². The molecule has 0 aliphatic carbocycles. The summed E-state index contributed by atoms with van der Waals surface area (Å²) in [6.45, 7) is 0. The molecule has 1 N–H and O–H groups in total. The number of ether oxygens (including phenoxy) is 1. The highest BCUT2D eigenvalue weighted by atomic mass is 16.5. The molecule has 4 nitrogen and oxygen atoms in total. The number of hydrogen-bond donors (Lipinski definition) is 1. The maximum atomic E-state index is 11.6. The van der Waals surface area contributed by atoms with Crippen molar-refractivity contribution in [2.24, 2.45) is 0 Å². The number of H-pyrrole nitrogens is 1. The monoisotopic (exact) mass is 238 g/mol. The third kappa shape index (κ3) is 1.84. The second-order valence-corrected chi connectivity index (χ2v) is 3.79.